The van der Waals surface area contributed by atoms with Crippen molar-refractivity contribution in [2.24, 2.45) is 5.92 Å². The van der Waals surface area contributed by atoms with E-state index < -0.39 is 23.7 Å². The Morgan fingerprint density at radius 1 is 1.28 bits per heavy atom. The Morgan fingerprint density at radius 3 is 2.50 bits per heavy atom. The van der Waals surface area contributed by atoms with Gasteiger partial charge in [-0.15, -0.1) is 0 Å². The first-order valence-electron chi connectivity index (χ1n) is 6.54. The molecule has 18 heavy (non-hydrogen) atoms. The zero-order valence-electron chi connectivity index (χ0n) is 11.2. The topological polar surface area (TPSA) is 66.8 Å². The SMILES string of the molecule is CC(C)(C)OC(=O)N1C(C(=O)O)CC2CCC[C@H]21. The number of nitrogens with zero attached hydrogens (tertiary/aromatic N) is 1. The van der Waals surface area contributed by atoms with Crippen molar-refractivity contribution in [1.82, 2.24) is 4.90 Å². The monoisotopic (exact) mass is 255 g/mol. The number of amides is 1. The van der Waals surface area contributed by atoms with Crippen LogP contribution >= 0.6 is 0 Å². The van der Waals surface area contributed by atoms with Gasteiger partial charge in [0.1, 0.15) is 11.6 Å². The fourth-order valence-corrected chi connectivity index (χ4v) is 3.09. The number of fused-ring (bicyclic) bond motifs is 1. The van der Waals surface area contributed by atoms with Crippen molar-refractivity contribution in [3.8, 4) is 0 Å². The summed E-state index contributed by atoms with van der Waals surface area (Å²) >= 11 is 0. The van der Waals surface area contributed by atoms with E-state index in [-0.39, 0.29) is 6.04 Å². The summed E-state index contributed by atoms with van der Waals surface area (Å²) in [6, 6.07) is -0.656. The molecular weight excluding hydrogens is 234 g/mol. The maximum atomic E-state index is 12.2. The second-order valence-corrected chi connectivity index (χ2v) is 6.24. The Labute approximate surface area is 107 Å². The number of ether oxygens (including phenoxy) is 1. The molecule has 1 saturated carbocycles. The highest BCUT2D eigenvalue weighted by atomic mass is 16.6. The average molecular weight is 255 g/mol. The smallest absolute Gasteiger partial charge is 0.411 e. The van der Waals surface area contributed by atoms with Crippen molar-refractivity contribution >= 4 is 12.1 Å². The minimum absolute atomic E-state index is 0.0564. The van der Waals surface area contributed by atoms with E-state index in [0.717, 1.165) is 19.3 Å². The number of aliphatic carboxylic acids is 1. The molecule has 2 rings (SSSR count). The molecule has 1 amide bonds. The van der Waals surface area contributed by atoms with Gasteiger partial charge in [0.2, 0.25) is 0 Å². The van der Waals surface area contributed by atoms with Gasteiger partial charge >= 0.3 is 12.1 Å². The van der Waals surface area contributed by atoms with Crippen LogP contribution in [0, 0.1) is 5.92 Å². The molecule has 5 nitrogen and oxygen atoms in total. The molecule has 2 unspecified atom stereocenters. The third kappa shape index (κ3) is 2.44. The number of carbonyl (C=O) groups excluding carboxylic acids is 1. The number of likely N-dealkylation sites (tertiary alicyclic amines) is 1. The van der Waals surface area contributed by atoms with E-state index in [4.69, 9.17) is 4.74 Å². The van der Waals surface area contributed by atoms with E-state index in [9.17, 15) is 14.7 Å². The molecule has 0 aromatic carbocycles. The largest absolute Gasteiger partial charge is 0.480 e. The standard InChI is InChI=1S/C13H21NO4/c1-13(2,3)18-12(17)14-9-6-4-5-8(9)7-10(14)11(15)16/h8-10H,4-7H2,1-3H3,(H,15,16)/t8?,9-,10?/m1/s1. The molecule has 2 fully saturated rings. The quantitative estimate of drug-likeness (QED) is 0.780. The van der Waals surface area contributed by atoms with Crippen molar-refractivity contribution in [2.45, 2.75) is 64.1 Å². The van der Waals surface area contributed by atoms with Crippen LogP contribution in [0.4, 0.5) is 4.79 Å². The first-order chi connectivity index (χ1) is 8.29. The summed E-state index contributed by atoms with van der Waals surface area (Å²) in [7, 11) is 0. The van der Waals surface area contributed by atoms with E-state index in [1.165, 1.54) is 4.90 Å². The maximum Gasteiger partial charge on any atom is 0.411 e. The van der Waals surface area contributed by atoms with E-state index in [1.54, 1.807) is 20.8 Å². The number of carboxylic acids is 1. The van der Waals surface area contributed by atoms with E-state index in [2.05, 4.69) is 0 Å². The Bertz CT molecular complexity index is 360. The van der Waals surface area contributed by atoms with Gasteiger partial charge in [0.25, 0.3) is 0 Å². The molecule has 0 radical (unpaired) electrons. The van der Waals surface area contributed by atoms with Gasteiger partial charge in [-0.3, -0.25) is 4.90 Å². The average Bonchev–Trinajstić information content (AvgIpc) is 2.70. The van der Waals surface area contributed by atoms with E-state index in [0.29, 0.717) is 12.3 Å². The minimum atomic E-state index is -0.921. The van der Waals surface area contributed by atoms with Crippen LogP contribution in [0.2, 0.25) is 0 Å². The maximum absolute atomic E-state index is 12.2. The molecule has 1 heterocycles. The Balaban J connectivity index is 2.16. The number of rotatable bonds is 1. The summed E-state index contributed by atoms with van der Waals surface area (Å²) in [6.45, 7) is 5.38. The molecule has 0 aromatic rings. The van der Waals surface area contributed by atoms with Crippen LogP contribution in [0.3, 0.4) is 0 Å². The number of hydrogen-bond donors (Lipinski definition) is 1. The summed E-state index contributed by atoms with van der Waals surface area (Å²) < 4.78 is 5.33. The van der Waals surface area contributed by atoms with Gasteiger partial charge in [0.15, 0.2) is 0 Å². The van der Waals surface area contributed by atoms with E-state index in [1.807, 2.05) is 0 Å². The van der Waals surface area contributed by atoms with E-state index >= 15 is 0 Å². The second-order valence-electron chi connectivity index (χ2n) is 6.24. The molecule has 102 valence electrons. The lowest BCUT2D eigenvalue weighted by Gasteiger charge is -2.30. The molecule has 0 spiro atoms. The Hall–Kier alpha value is -1.26. The summed E-state index contributed by atoms with van der Waals surface area (Å²) in [6.07, 6.45) is 3.08. The van der Waals surface area contributed by atoms with Crippen molar-refractivity contribution in [1.29, 1.82) is 0 Å². The van der Waals surface area contributed by atoms with Crippen LogP contribution in [0.15, 0.2) is 0 Å². The molecule has 0 aromatic heterocycles. The van der Waals surface area contributed by atoms with Crippen LogP contribution < -0.4 is 0 Å². The number of carbonyl (C=O) groups is 2. The number of carboxylic acid groups (broad SMARTS) is 1. The van der Waals surface area contributed by atoms with Crippen LogP contribution in [-0.4, -0.2) is 39.8 Å². The van der Waals surface area contributed by atoms with Gasteiger partial charge in [-0.2, -0.15) is 0 Å². The second kappa shape index (κ2) is 4.44. The van der Waals surface area contributed by atoms with Gasteiger partial charge in [-0.1, -0.05) is 6.42 Å². The molecule has 2 aliphatic rings. The lowest BCUT2D eigenvalue weighted by atomic mass is 10.0. The van der Waals surface area contributed by atoms with Crippen molar-refractivity contribution in [3.05, 3.63) is 0 Å². The van der Waals surface area contributed by atoms with Crippen molar-refractivity contribution in [2.75, 3.05) is 0 Å². The van der Waals surface area contributed by atoms with Gasteiger partial charge < -0.3 is 9.84 Å². The first kappa shape index (κ1) is 13.2. The predicted molar refractivity (Wildman–Crippen MR) is 65.2 cm³/mol. The minimum Gasteiger partial charge on any atom is -0.480 e. The summed E-state index contributed by atoms with van der Waals surface area (Å²) in [4.78, 5) is 24.9. The Morgan fingerprint density at radius 2 is 1.94 bits per heavy atom. The number of hydrogen-bond acceptors (Lipinski definition) is 3. The van der Waals surface area contributed by atoms with Gasteiger partial charge in [-0.05, 0) is 46.0 Å². The molecule has 1 aliphatic carbocycles. The lowest BCUT2D eigenvalue weighted by Crippen LogP contribution is -2.47. The van der Waals surface area contributed by atoms with Crippen molar-refractivity contribution in [3.63, 3.8) is 0 Å². The molecule has 1 saturated heterocycles. The zero-order chi connectivity index (χ0) is 13.5. The lowest BCUT2D eigenvalue weighted by molar-refractivity contribution is -0.142. The third-order valence-corrected chi connectivity index (χ3v) is 3.73. The highest BCUT2D eigenvalue weighted by Gasteiger charge is 2.50. The van der Waals surface area contributed by atoms with Crippen LogP contribution in [-0.2, 0) is 9.53 Å². The fraction of sp³-hybridized carbons (Fsp3) is 0.846. The zero-order valence-corrected chi connectivity index (χ0v) is 11.2. The molecule has 1 N–H and O–H groups in total. The van der Waals surface area contributed by atoms with Crippen LogP contribution in [0.5, 0.6) is 0 Å². The molecular formula is C13H21NO4. The van der Waals surface area contributed by atoms with Gasteiger partial charge in [0.05, 0.1) is 0 Å². The normalized spacial score (nSPS) is 31.3. The van der Waals surface area contributed by atoms with Crippen molar-refractivity contribution < 1.29 is 19.4 Å². The molecule has 1 aliphatic heterocycles. The van der Waals surface area contributed by atoms with Gasteiger partial charge in [0, 0.05) is 6.04 Å². The summed E-state index contributed by atoms with van der Waals surface area (Å²) in [5.41, 5.74) is -0.586. The van der Waals surface area contributed by atoms with Crippen LogP contribution in [0.25, 0.3) is 0 Å². The summed E-state index contributed by atoms with van der Waals surface area (Å²) in [5.74, 6) is -0.589. The molecule has 3 atom stereocenters. The molecule has 5 heteroatoms. The van der Waals surface area contributed by atoms with Gasteiger partial charge in [-0.25, -0.2) is 9.59 Å². The Kier molecular flexibility index (Phi) is 3.25. The third-order valence-electron chi connectivity index (χ3n) is 3.73. The summed E-state index contributed by atoms with van der Waals surface area (Å²) in [5, 5.41) is 9.24. The van der Waals surface area contributed by atoms with Crippen LogP contribution in [0.1, 0.15) is 46.5 Å². The molecule has 0 bridgehead atoms. The first-order valence-corrected chi connectivity index (χ1v) is 6.54. The fourth-order valence-electron chi connectivity index (χ4n) is 3.09. The highest BCUT2D eigenvalue weighted by Crippen LogP contribution is 2.41. The predicted octanol–water partition coefficient (Wildman–Crippen LogP) is 2.25. The highest BCUT2D eigenvalue weighted by molar-refractivity contribution is 5.81.